The Morgan fingerprint density at radius 3 is 2.27 bits per heavy atom. The molecule has 11 heteroatoms. The Kier molecular flexibility index (Phi) is 14.6. The molecule has 0 aliphatic heterocycles. The van der Waals surface area contributed by atoms with Crippen LogP contribution in [0.2, 0.25) is 0 Å². The van der Waals surface area contributed by atoms with E-state index in [0.29, 0.717) is 42.9 Å². The van der Waals surface area contributed by atoms with Gasteiger partial charge in [-0.1, -0.05) is 73.5 Å². The predicted molar refractivity (Wildman–Crippen MR) is 190 cm³/mol. The number of hydrogen-bond acceptors (Lipinski definition) is 8. The Morgan fingerprint density at radius 1 is 0.816 bits per heavy atom. The van der Waals surface area contributed by atoms with Gasteiger partial charge in [-0.3, -0.25) is 4.79 Å². The predicted octanol–water partition coefficient (Wildman–Crippen LogP) is 5.51. The van der Waals surface area contributed by atoms with Crippen LogP contribution in [-0.4, -0.2) is 61.1 Å². The topological polar surface area (TPSA) is 179 Å². The van der Waals surface area contributed by atoms with E-state index < -0.39 is 28.0 Å². The van der Waals surface area contributed by atoms with Gasteiger partial charge in [-0.15, -0.1) is 0 Å². The second-order valence-corrected chi connectivity index (χ2v) is 13.9. The summed E-state index contributed by atoms with van der Waals surface area (Å²) in [6, 6.07) is 23.2. The van der Waals surface area contributed by atoms with E-state index in [4.69, 9.17) is 9.88 Å². The molecule has 1 unspecified atom stereocenters. The number of primary sulfonamides is 1. The first-order chi connectivity index (χ1) is 23.6. The van der Waals surface area contributed by atoms with E-state index in [-0.39, 0.29) is 23.7 Å². The van der Waals surface area contributed by atoms with E-state index in [1.807, 2.05) is 48.5 Å². The highest BCUT2D eigenvalue weighted by molar-refractivity contribution is 7.89. The van der Waals surface area contributed by atoms with Gasteiger partial charge in [0.15, 0.2) is 0 Å². The van der Waals surface area contributed by atoms with Crippen molar-refractivity contribution in [2.45, 2.75) is 74.9 Å². The number of benzene rings is 4. The number of unbranched alkanes of at least 4 members (excludes halogenated alkanes) is 4. The molecule has 0 amide bonds. The van der Waals surface area contributed by atoms with Crippen molar-refractivity contribution >= 4 is 26.8 Å². The van der Waals surface area contributed by atoms with Crippen molar-refractivity contribution in [3.8, 4) is 5.75 Å². The van der Waals surface area contributed by atoms with Crippen LogP contribution in [0.5, 0.6) is 5.75 Å². The lowest BCUT2D eigenvalue weighted by molar-refractivity contribution is -0.137. The zero-order valence-electron chi connectivity index (χ0n) is 27.8. The van der Waals surface area contributed by atoms with Crippen molar-refractivity contribution in [2.24, 2.45) is 5.14 Å². The highest BCUT2D eigenvalue weighted by atomic mass is 32.2. The van der Waals surface area contributed by atoms with Gasteiger partial charge in [-0.2, -0.15) is 0 Å². The maximum atomic E-state index is 12.7. The van der Waals surface area contributed by atoms with Gasteiger partial charge in [-0.25, -0.2) is 13.6 Å². The van der Waals surface area contributed by atoms with Crippen LogP contribution in [0.15, 0.2) is 83.8 Å². The number of aliphatic hydroxyl groups excluding tert-OH is 2. The molecule has 0 spiro atoms. The minimum absolute atomic E-state index is 0.0124. The summed E-state index contributed by atoms with van der Waals surface area (Å²) < 4.78 is 31.3. The molecule has 0 aromatic heterocycles. The molecule has 0 fully saturated rings. The molecule has 0 heterocycles. The van der Waals surface area contributed by atoms with E-state index in [1.54, 1.807) is 18.2 Å². The maximum Gasteiger partial charge on any atom is 0.304 e. The van der Waals surface area contributed by atoms with Gasteiger partial charge in [0.1, 0.15) is 5.75 Å². The van der Waals surface area contributed by atoms with Crippen molar-refractivity contribution in [3.63, 3.8) is 0 Å². The summed E-state index contributed by atoms with van der Waals surface area (Å²) in [7, 11) is -4.11. The summed E-state index contributed by atoms with van der Waals surface area (Å²) in [6.07, 6.45) is 5.01. The number of aliphatic hydroxyl groups is 2. The number of aryl methyl sites for hydroxylation is 1. The fraction of sp³-hybridized carbons (Fsp3) is 0.395. The molecule has 0 bridgehead atoms. The smallest absolute Gasteiger partial charge is 0.304 e. The number of rotatable bonds is 21. The number of carboxylic acid groups (broad SMARTS) is 1. The number of sulfonamides is 1. The number of aliphatic carboxylic acids is 1. The lowest BCUT2D eigenvalue weighted by atomic mass is 9.83. The molecule has 0 aliphatic carbocycles. The molecule has 4 rings (SSSR count). The van der Waals surface area contributed by atoms with Gasteiger partial charge in [0.2, 0.25) is 10.0 Å². The average Bonchev–Trinajstić information content (AvgIpc) is 3.08. The molecule has 0 aliphatic rings. The number of hydrogen-bond donors (Lipinski definition) is 6. The lowest BCUT2D eigenvalue weighted by Gasteiger charge is -2.23. The SMILES string of the molecule is NS(=O)(=O)c1cccc(CCCCOCCCCCCNC[C@H](O)c2ccc(O)c(CO)c2)c1C(CC(=O)O)c1ccc2ccccc2c1. The summed E-state index contributed by atoms with van der Waals surface area (Å²) in [5, 5.41) is 50.0. The van der Waals surface area contributed by atoms with Crippen molar-refractivity contribution in [2.75, 3.05) is 26.3 Å². The van der Waals surface area contributed by atoms with E-state index in [1.165, 1.54) is 12.1 Å². The van der Waals surface area contributed by atoms with Crippen LogP contribution in [0.3, 0.4) is 0 Å². The standard InChI is InChI=1S/C38H48N2O8S/c39-49(46,47)36-14-9-13-28(38(36)33(24-37(44)45)30-16-15-27-10-3-4-12-29(27)22-30)11-5-8-21-48-20-7-2-1-6-19-40-25-35(43)31-17-18-34(42)32(23-31)26-41/h3-4,9-10,12-18,22-23,33,35,40-43H,1-2,5-8,11,19-21,24-26H2,(H,44,45)(H2,39,46,47)/t33?,35-/m0/s1. The van der Waals surface area contributed by atoms with Crippen LogP contribution in [0, 0.1) is 0 Å². The van der Waals surface area contributed by atoms with E-state index in [0.717, 1.165) is 67.0 Å². The number of ether oxygens (including phenoxy) is 1. The monoisotopic (exact) mass is 692 g/mol. The molecule has 49 heavy (non-hydrogen) atoms. The second-order valence-electron chi connectivity index (χ2n) is 12.4. The number of carbonyl (C=O) groups is 1. The van der Waals surface area contributed by atoms with E-state index in [2.05, 4.69) is 5.32 Å². The minimum atomic E-state index is -4.11. The van der Waals surface area contributed by atoms with Gasteiger partial charge in [0.25, 0.3) is 0 Å². The molecule has 7 N–H and O–H groups in total. The van der Waals surface area contributed by atoms with E-state index in [9.17, 15) is 33.6 Å². The fourth-order valence-electron chi connectivity index (χ4n) is 6.16. The number of phenols is 1. The third kappa shape index (κ3) is 11.4. The molecule has 4 aromatic rings. The normalized spacial score (nSPS) is 13.0. The highest BCUT2D eigenvalue weighted by Crippen LogP contribution is 2.37. The summed E-state index contributed by atoms with van der Waals surface area (Å²) in [4.78, 5) is 12.0. The van der Waals surface area contributed by atoms with Gasteiger partial charge in [0.05, 0.1) is 24.0 Å². The minimum Gasteiger partial charge on any atom is -0.508 e. The molecule has 0 saturated carbocycles. The van der Waals surface area contributed by atoms with Crippen LogP contribution in [0.25, 0.3) is 10.8 Å². The summed E-state index contributed by atoms with van der Waals surface area (Å²) in [5.41, 5.74) is 2.98. The van der Waals surface area contributed by atoms with Crippen LogP contribution in [0.1, 0.15) is 84.8 Å². The first-order valence-corrected chi connectivity index (χ1v) is 18.4. The number of aromatic hydroxyl groups is 1. The van der Waals surface area contributed by atoms with Crippen molar-refractivity contribution in [3.05, 3.63) is 107 Å². The number of fused-ring (bicyclic) bond motifs is 1. The molecule has 0 saturated heterocycles. The Morgan fingerprint density at radius 2 is 1.53 bits per heavy atom. The second kappa shape index (κ2) is 18.8. The maximum absolute atomic E-state index is 12.7. The molecule has 0 radical (unpaired) electrons. The third-order valence-corrected chi connectivity index (χ3v) is 9.71. The Bertz CT molecular complexity index is 1780. The van der Waals surface area contributed by atoms with Crippen LogP contribution >= 0.6 is 0 Å². The summed E-state index contributed by atoms with van der Waals surface area (Å²) in [5.74, 6) is -1.71. The van der Waals surface area contributed by atoms with Crippen LogP contribution in [-0.2, 0) is 32.6 Å². The number of nitrogens with two attached hydrogens (primary N) is 1. The van der Waals surface area contributed by atoms with Crippen LogP contribution in [0.4, 0.5) is 0 Å². The first-order valence-electron chi connectivity index (χ1n) is 16.8. The van der Waals surface area contributed by atoms with Crippen molar-refractivity contribution in [1.29, 1.82) is 0 Å². The van der Waals surface area contributed by atoms with Crippen molar-refractivity contribution in [1.82, 2.24) is 5.32 Å². The molecule has 4 aromatic carbocycles. The summed E-state index contributed by atoms with van der Waals surface area (Å²) in [6.45, 7) is 2.09. The number of nitrogens with one attached hydrogen (secondary N) is 1. The molecule has 10 nitrogen and oxygen atoms in total. The average molecular weight is 693 g/mol. The third-order valence-electron chi connectivity index (χ3n) is 8.74. The zero-order valence-corrected chi connectivity index (χ0v) is 28.6. The molecular weight excluding hydrogens is 644 g/mol. The van der Waals surface area contributed by atoms with Gasteiger partial charge in [0, 0.05) is 31.2 Å². The quantitative estimate of drug-likeness (QED) is 0.0614. The Labute approximate surface area is 288 Å². The van der Waals surface area contributed by atoms with Crippen molar-refractivity contribution < 1.29 is 38.4 Å². The Balaban J connectivity index is 1.21. The summed E-state index contributed by atoms with van der Waals surface area (Å²) >= 11 is 0. The largest absolute Gasteiger partial charge is 0.508 e. The van der Waals surface area contributed by atoms with Gasteiger partial charge >= 0.3 is 5.97 Å². The molecule has 2 atom stereocenters. The molecular formula is C38H48N2O8S. The first kappa shape index (κ1) is 38.0. The number of carboxylic acids is 1. The van der Waals surface area contributed by atoms with Gasteiger partial charge in [-0.05, 0) is 89.9 Å². The fourth-order valence-corrected chi connectivity index (χ4v) is 7.01. The Hall–Kier alpha value is -3.84. The van der Waals surface area contributed by atoms with E-state index >= 15 is 0 Å². The lowest BCUT2D eigenvalue weighted by Crippen LogP contribution is -2.22. The zero-order chi connectivity index (χ0) is 35.2. The van der Waals surface area contributed by atoms with Crippen LogP contribution < -0.4 is 10.5 Å². The highest BCUT2D eigenvalue weighted by Gasteiger charge is 2.27. The molecule has 264 valence electrons. The van der Waals surface area contributed by atoms with Gasteiger partial charge < -0.3 is 30.5 Å².